The van der Waals surface area contributed by atoms with Crippen LogP contribution >= 0.6 is 0 Å². The predicted octanol–water partition coefficient (Wildman–Crippen LogP) is 6.86. The number of carbonyl (C=O) groups excluding carboxylic acids is 1. The maximum Gasteiger partial charge on any atom is 0.338 e. The largest absolute Gasteiger partial charge is 0.462 e. The molecule has 4 heteroatoms. The zero-order chi connectivity index (χ0) is 22.7. The highest BCUT2D eigenvalue weighted by atomic mass is 28.3. The molecule has 0 saturated carbocycles. The Morgan fingerprint density at radius 2 is 1.57 bits per heavy atom. The minimum absolute atomic E-state index is 0.257. The SMILES string of the molecule is CC(C)[Si](C#CC/C=C\CCCOC(=O)c1ccc(N(C)C)cc1)(C(C)C)C(C)C. The summed E-state index contributed by atoms with van der Waals surface area (Å²) in [5.74, 6) is 3.19. The van der Waals surface area contributed by atoms with Crippen LogP contribution in [-0.4, -0.2) is 34.7 Å². The molecule has 1 aromatic rings. The van der Waals surface area contributed by atoms with Gasteiger partial charge in [-0.3, -0.25) is 0 Å². The normalized spacial score (nSPS) is 11.8. The fraction of sp³-hybridized carbons (Fsp3) is 0.577. The van der Waals surface area contributed by atoms with Crippen molar-refractivity contribution in [1.29, 1.82) is 0 Å². The molecular formula is C26H41NO2Si. The van der Waals surface area contributed by atoms with Crippen molar-refractivity contribution >= 4 is 19.7 Å². The van der Waals surface area contributed by atoms with Crippen LogP contribution in [0.2, 0.25) is 16.6 Å². The molecule has 0 N–H and O–H groups in total. The lowest BCUT2D eigenvalue weighted by atomic mass is 10.2. The fourth-order valence-electron chi connectivity index (χ4n) is 4.24. The average molecular weight is 428 g/mol. The zero-order valence-electron chi connectivity index (χ0n) is 20.3. The van der Waals surface area contributed by atoms with E-state index in [2.05, 4.69) is 65.2 Å². The van der Waals surface area contributed by atoms with Crippen molar-refractivity contribution in [3.8, 4) is 11.5 Å². The molecule has 30 heavy (non-hydrogen) atoms. The topological polar surface area (TPSA) is 29.5 Å². The fourth-order valence-corrected chi connectivity index (χ4v) is 9.52. The van der Waals surface area contributed by atoms with Crippen molar-refractivity contribution in [3.05, 3.63) is 42.0 Å². The predicted molar refractivity (Wildman–Crippen MR) is 133 cm³/mol. The van der Waals surface area contributed by atoms with Gasteiger partial charge in [0, 0.05) is 26.2 Å². The Morgan fingerprint density at radius 1 is 1.00 bits per heavy atom. The van der Waals surface area contributed by atoms with Gasteiger partial charge in [0.25, 0.3) is 0 Å². The third kappa shape index (κ3) is 7.36. The molecular weight excluding hydrogens is 386 g/mol. The lowest BCUT2D eigenvalue weighted by molar-refractivity contribution is 0.0501. The van der Waals surface area contributed by atoms with E-state index in [1.165, 1.54) is 0 Å². The first-order chi connectivity index (χ1) is 14.1. The molecule has 3 nitrogen and oxygen atoms in total. The lowest BCUT2D eigenvalue weighted by Crippen LogP contribution is -2.43. The number of unbranched alkanes of at least 4 members (excludes halogenated alkanes) is 1. The van der Waals surface area contributed by atoms with Crippen molar-refractivity contribution in [2.24, 2.45) is 0 Å². The van der Waals surface area contributed by atoms with Gasteiger partial charge in [0.15, 0.2) is 0 Å². The molecule has 1 rings (SSSR count). The van der Waals surface area contributed by atoms with Crippen LogP contribution in [0.4, 0.5) is 5.69 Å². The molecule has 0 atom stereocenters. The van der Waals surface area contributed by atoms with Gasteiger partial charge in [0.1, 0.15) is 8.07 Å². The Bertz CT molecular complexity index is 715. The molecule has 0 radical (unpaired) electrons. The van der Waals surface area contributed by atoms with Crippen molar-refractivity contribution in [1.82, 2.24) is 0 Å². The molecule has 0 heterocycles. The minimum atomic E-state index is -1.62. The first-order valence-electron chi connectivity index (χ1n) is 11.2. The number of esters is 1. The number of nitrogens with zero attached hydrogens (tertiary/aromatic N) is 1. The zero-order valence-corrected chi connectivity index (χ0v) is 21.3. The number of ether oxygens (including phenoxy) is 1. The Kier molecular flexibility index (Phi) is 11.0. The highest BCUT2D eigenvalue weighted by Crippen LogP contribution is 2.40. The van der Waals surface area contributed by atoms with Crippen molar-refractivity contribution in [2.45, 2.75) is 77.4 Å². The monoisotopic (exact) mass is 427 g/mol. The van der Waals surface area contributed by atoms with Gasteiger partial charge in [-0.15, -0.1) is 11.5 Å². The molecule has 1 aromatic carbocycles. The maximum absolute atomic E-state index is 12.1. The summed E-state index contributed by atoms with van der Waals surface area (Å²) >= 11 is 0. The summed E-state index contributed by atoms with van der Waals surface area (Å²) in [5.41, 5.74) is 7.41. The van der Waals surface area contributed by atoms with Crippen LogP contribution < -0.4 is 4.90 Å². The van der Waals surface area contributed by atoms with Gasteiger partial charge < -0.3 is 9.64 Å². The van der Waals surface area contributed by atoms with Crippen LogP contribution in [0.1, 0.15) is 71.2 Å². The average Bonchev–Trinajstić information content (AvgIpc) is 2.68. The quantitative estimate of drug-likeness (QED) is 0.134. The number of carbonyl (C=O) groups is 1. The second kappa shape index (κ2) is 12.6. The number of rotatable bonds is 10. The first kappa shape index (κ1) is 26.0. The van der Waals surface area contributed by atoms with E-state index >= 15 is 0 Å². The summed E-state index contributed by atoms with van der Waals surface area (Å²) < 4.78 is 5.37. The van der Waals surface area contributed by atoms with E-state index in [1.807, 2.05) is 43.3 Å². The van der Waals surface area contributed by atoms with Crippen LogP contribution in [0, 0.1) is 11.5 Å². The Hall–Kier alpha value is -1.99. The van der Waals surface area contributed by atoms with E-state index in [1.54, 1.807) is 0 Å². The molecule has 0 unspecified atom stereocenters. The Morgan fingerprint density at radius 3 is 2.07 bits per heavy atom. The summed E-state index contributed by atoms with van der Waals surface area (Å²) in [6, 6.07) is 7.47. The maximum atomic E-state index is 12.1. The second-order valence-corrected chi connectivity index (χ2v) is 14.7. The van der Waals surface area contributed by atoms with Crippen LogP contribution in [0.5, 0.6) is 0 Å². The van der Waals surface area contributed by atoms with Gasteiger partial charge in [-0.1, -0.05) is 53.7 Å². The molecule has 0 bridgehead atoms. The summed E-state index contributed by atoms with van der Waals surface area (Å²) in [6.07, 6.45) is 6.83. The van der Waals surface area contributed by atoms with Crippen molar-refractivity contribution in [3.63, 3.8) is 0 Å². The highest BCUT2D eigenvalue weighted by Gasteiger charge is 2.41. The molecule has 0 aliphatic rings. The van der Waals surface area contributed by atoms with Crippen LogP contribution in [0.3, 0.4) is 0 Å². The number of hydrogen-bond acceptors (Lipinski definition) is 3. The summed E-state index contributed by atoms with van der Waals surface area (Å²) in [4.78, 5) is 14.1. The first-order valence-corrected chi connectivity index (χ1v) is 13.5. The Balaban J connectivity index is 2.40. The molecule has 0 amide bonds. The van der Waals surface area contributed by atoms with Gasteiger partial charge in [-0.2, -0.15) is 0 Å². The van der Waals surface area contributed by atoms with Crippen LogP contribution in [0.15, 0.2) is 36.4 Å². The van der Waals surface area contributed by atoms with Crippen LogP contribution in [0.25, 0.3) is 0 Å². The molecule has 0 saturated heterocycles. The lowest BCUT2D eigenvalue weighted by Gasteiger charge is -2.38. The standard InChI is InChI=1S/C26H41NO2Si/c1-21(2)30(22(3)4,23(5)6)20-14-12-10-9-11-13-19-29-26(28)24-15-17-25(18-16-24)27(7)8/h9-10,15-18,21-23H,11-13,19H2,1-8H3/b10-9-. The number of allylic oxidation sites excluding steroid dienone is 2. The van der Waals surface area contributed by atoms with E-state index in [-0.39, 0.29) is 5.97 Å². The molecule has 0 spiro atoms. The van der Waals surface area contributed by atoms with Gasteiger partial charge in [-0.25, -0.2) is 4.79 Å². The highest BCUT2D eigenvalue weighted by molar-refractivity contribution is 6.90. The summed E-state index contributed by atoms with van der Waals surface area (Å²) in [6.45, 7) is 14.5. The van der Waals surface area contributed by atoms with E-state index in [0.29, 0.717) is 28.8 Å². The van der Waals surface area contributed by atoms with Crippen LogP contribution in [-0.2, 0) is 4.74 Å². The van der Waals surface area contributed by atoms with Gasteiger partial charge >= 0.3 is 5.97 Å². The van der Waals surface area contributed by atoms with Gasteiger partial charge in [0.2, 0.25) is 0 Å². The molecule has 0 fully saturated rings. The number of anilines is 1. The van der Waals surface area contributed by atoms with Gasteiger partial charge in [0.05, 0.1) is 12.2 Å². The number of hydrogen-bond donors (Lipinski definition) is 0. The van der Waals surface area contributed by atoms with E-state index < -0.39 is 8.07 Å². The third-order valence-corrected chi connectivity index (χ3v) is 12.3. The third-order valence-electron chi connectivity index (χ3n) is 5.93. The number of benzene rings is 1. The van der Waals surface area contributed by atoms with Crippen molar-refractivity contribution < 1.29 is 9.53 Å². The van der Waals surface area contributed by atoms with Gasteiger partial charge in [-0.05, 0) is 53.7 Å². The molecule has 0 aliphatic carbocycles. The molecule has 166 valence electrons. The second-order valence-electron chi connectivity index (χ2n) is 9.09. The summed E-state index contributed by atoms with van der Waals surface area (Å²) in [7, 11) is 2.33. The van der Waals surface area contributed by atoms with E-state index in [9.17, 15) is 4.79 Å². The molecule has 0 aromatic heterocycles. The Labute approximate surface area is 185 Å². The summed E-state index contributed by atoms with van der Waals surface area (Å²) in [5, 5.41) is 0. The smallest absolute Gasteiger partial charge is 0.338 e. The van der Waals surface area contributed by atoms with E-state index in [0.717, 1.165) is 24.9 Å². The van der Waals surface area contributed by atoms with Crippen molar-refractivity contribution in [2.75, 3.05) is 25.6 Å². The molecule has 0 aliphatic heterocycles. The minimum Gasteiger partial charge on any atom is -0.462 e. The van der Waals surface area contributed by atoms with E-state index in [4.69, 9.17) is 4.74 Å².